The molecule has 1 aromatic carbocycles. The Morgan fingerprint density at radius 2 is 2.00 bits per heavy atom. The molecule has 8 heteroatoms. The van der Waals surface area contributed by atoms with E-state index < -0.39 is 17.1 Å². The van der Waals surface area contributed by atoms with Gasteiger partial charge in [-0.3, -0.25) is 19.3 Å². The number of hydrogen-bond donors (Lipinski definition) is 0. The lowest BCUT2D eigenvalue weighted by atomic mass is 10.1. The first-order chi connectivity index (χ1) is 13.9. The van der Waals surface area contributed by atoms with E-state index in [1.807, 2.05) is 20.8 Å². The predicted octanol–water partition coefficient (Wildman–Crippen LogP) is 4.25. The van der Waals surface area contributed by atoms with Crippen molar-refractivity contribution in [2.24, 2.45) is 0 Å². The van der Waals surface area contributed by atoms with Crippen LogP contribution in [-0.4, -0.2) is 48.4 Å². The van der Waals surface area contributed by atoms with E-state index in [-0.39, 0.29) is 24.2 Å². The van der Waals surface area contributed by atoms with Gasteiger partial charge in [-0.1, -0.05) is 26.3 Å². The number of esters is 1. The van der Waals surface area contributed by atoms with Crippen molar-refractivity contribution in [2.45, 2.75) is 46.1 Å². The zero-order valence-corrected chi connectivity index (χ0v) is 18.0. The minimum atomic E-state index is -0.588. The molecule has 1 aromatic rings. The van der Waals surface area contributed by atoms with Gasteiger partial charge >= 0.3 is 5.97 Å². The summed E-state index contributed by atoms with van der Waals surface area (Å²) < 4.78 is 16.2. The third kappa shape index (κ3) is 6.25. The van der Waals surface area contributed by atoms with E-state index in [0.29, 0.717) is 17.1 Å². The number of nitrogens with zero attached hydrogens (tertiary/aromatic N) is 1. The Balaban J connectivity index is 2.11. The van der Waals surface area contributed by atoms with E-state index in [4.69, 9.17) is 14.2 Å². The molecule has 1 fully saturated rings. The van der Waals surface area contributed by atoms with Gasteiger partial charge in [-0.15, -0.1) is 0 Å². The van der Waals surface area contributed by atoms with E-state index in [9.17, 15) is 14.4 Å². The number of benzene rings is 1. The topological polar surface area (TPSA) is 82.1 Å². The van der Waals surface area contributed by atoms with Gasteiger partial charge < -0.3 is 14.2 Å². The molecule has 7 nitrogen and oxygen atoms in total. The zero-order chi connectivity index (χ0) is 21.4. The van der Waals surface area contributed by atoms with Crippen LogP contribution in [0.4, 0.5) is 4.79 Å². The highest BCUT2D eigenvalue weighted by atomic mass is 32.2. The Kier molecular flexibility index (Phi) is 8.57. The summed E-state index contributed by atoms with van der Waals surface area (Å²) in [4.78, 5) is 37.7. The summed E-state index contributed by atoms with van der Waals surface area (Å²) >= 11 is 0.798. The first kappa shape index (κ1) is 22.8. The van der Waals surface area contributed by atoms with Crippen molar-refractivity contribution in [3.8, 4) is 11.5 Å². The number of unbranched alkanes of at least 4 members (excludes halogenated alkanes) is 1. The Bertz CT molecular complexity index is 791. The number of rotatable bonds is 10. The SMILES string of the molecule is CCCCOC(=O)CN1C(=O)S/C(=C\c2ccc(O[C@@H](C)CC)c(OC)c2)C1=O. The number of amides is 2. The number of ether oxygens (including phenoxy) is 3. The summed E-state index contributed by atoms with van der Waals surface area (Å²) in [7, 11) is 1.54. The molecule has 1 atom stereocenters. The molecule has 2 amide bonds. The van der Waals surface area contributed by atoms with E-state index >= 15 is 0 Å². The number of hydrogen-bond acceptors (Lipinski definition) is 7. The van der Waals surface area contributed by atoms with Crippen molar-refractivity contribution >= 4 is 35.0 Å². The molecular weight excluding hydrogens is 394 g/mol. The maximum Gasteiger partial charge on any atom is 0.326 e. The standard InChI is InChI=1S/C21H27NO6S/c1-5-7-10-27-19(23)13-22-20(24)18(29-21(22)25)12-15-8-9-16(17(11-15)26-4)28-14(3)6-2/h8-9,11-12,14H,5-7,10,13H2,1-4H3/b18-12-/t14-/m0/s1. The third-order valence-corrected chi connectivity index (χ3v) is 5.22. The number of methoxy groups -OCH3 is 1. The number of thioether (sulfide) groups is 1. The van der Waals surface area contributed by atoms with Gasteiger partial charge in [0.05, 0.1) is 24.7 Å². The number of carbonyl (C=O) groups excluding carboxylic acids is 3. The summed E-state index contributed by atoms with van der Waals surface area (Å²) in [5.41, 5.74) is 0.689. The van der Waals surface area contributed by atoms with Crippen molar-refractivity contribution in [1.29, 1.82) is 0 Å². The van der Waals surface area contributed by atoms with Crippen molar-refractivity contribution < 1.29 is 28.6 Å². The molecule has 2 rings (SSSR count). The van der Waals surface area contributed by atoms with Gasteiger partial charge in [-0.25, -0.2) is 0 Å². The molecule has 1 aliphatic heterocycles. The number of imide groups is 1. The van der Waals surface area contributed by atoms with Crippen LogP contribution in [0.5, 0.6) is 11.5 Å². The molecule has 0 aromatic heterocycles. The van der Waals surface area contributed by atoms with Gasteiger partial charge in [0.25, 0.3) is 11.1 Å². The molecule has 0 unspecified atom stereocenters. The summed E-state index contributed by atoms with van der Waals surface area (Å²) in [6.45, 7) is 5.88. The molecule has 0 N–H and O–H groups in total. The molecule has 1 aliphatic rings. The molecule has 1 saturated heterocycles. The first-order valence-electron chi connectivity index (χ1n) is 9.65. The first-order valence-corrected chi connectivity index (χ1v) is 10.5. The molecule has 29 heavy (non-hydrogen) atoms. The summed E-state index contributed by atoms with van der Waals surface area (Å²) in [5, 5.41) is -0.489. The highest BCUT2D eigenvalue weighted by Gasteiger charge is 2.36. The minimum Gasteiger partial charge on any atom is -0.493 e. The molecule has 0 bridgehead atoms. The van der Waals surface area contributed by atoms with Crippen LogP contribution < -0.4 is 9.47 Å². The largest absolute Gasteiger partial charge is 0.493 e. The second-order valence-electron chi connectivity index (χ2n) is 6.59. The normalized spacial score (nSPS) is 16.3. The van der Waals surface area contributed by atoms with E-state index in [1.54, 1.807) is 31.4 Å². The van der Waals surface area contributed by atoms with Crippen LogP contribution >= 0.6 is 11.8 Å². The predicted molar refractivity (Wildman–Crippen MR) is 112 cm³/mol. The second-order valence-corrected chi connectivity index (χ2v) is 7.58. The van der Waals surface area contributed by atoms with Crippen molar-refractivity contribution in [1.82, 2.24) is 4.90 Å². The lowest BCUT2D eigenvalue weighted by molar-refractivity contribution is -0.146. The molecule has 0 radical (unpaired) electrons. The van der Waals surface area contributed by atoms with E-state index in [1.165, 1.54) is 0 Å². The minimum absolute atomic E-state index is 0.0448. The van der Waals surface area contributed by atoms with Gasteiger partial charge in [0.15, 0.2) is 11.5 Å². The van der Waals surface area contributed by atoms with Crippen molar-refractivity contribution in [2.75, 3.05) is 20.3 Å². The van der Waals surface area contributed by atoms with Gasteiger partial charge in [-0.05, 0) is 55.3 Å². The van der Waals surface area contributed by atoms with Crippen LogP contribution in [0.2, 0.25) is 0 Å². The van der Waals surface area contributed by atoms with E-state index in [0.717, 1.165) is 35.9 Å². The molecular formula is C21H27NO6S. The average Bonchev–Trinajstić information content (AvgIpc) is 2.96. The fourth-order valence-corrected chi connectivity index (χ4v) is 3.30. The summed E-state index contributed by atoms with van der Waals surface area (Å²) in [5.74, 6) is 0.0567. The third-order valence-electron chi connectivity index (χ3n) is 4.31. The van der Waals surface area contributed by atoms with E-state index in [2.05, 4.69) is 0 Å². The molecule has 0 saturated carbocycles. The van der Waals surface area contributed by atoms with Crippen LogP contribution in [-0.2, 0) is 14.3 Å². The highest BCUT2D eigenvalue weighted by molar-refractivity contribution is 8.18. The van der Waals surface area contributed by atoms with Crippen LogP contribution in [0.15, 0.2) is 23.1 Å². The van der Waals surface area contributed by atoms with Crippen LogP contribution in [0.3, 0.4) is 0 Å². The Labute approximate surface area is 175 Å². The lowest BCUT2D eigenvalue weighted by Crippen LogP contribution is -2.34. The second kappa shape index (κ2) is 10.9. The summed E-state index contributed by atoms with van der Waals surface area (Å²) in [6.07, 6.45) is 4.14. The van der Waals surface area contributed by atoms with Gasteiger partial charge in [-0.2, -0.15) is 0 Å². The highest BCUT2D eigenvalue weighted by Crippen LogP contribution is 2.34. The Morgan fingerprint density at radius 3 is 2.66 bits per heavy atom. The smallest absolute Gasteiger partial charge is 0.326 e. The molecule has 0 spiro atoms. The summed E-state index contributed by atoms with van der Waals surface area (Å²) in [6, 6.07) is 5.30. The number of carbonyl (C=O) groups is 3. The van der Waals surface area contributed by atoms with Gasteiger partial charge in [0.1, 0.15) is 6.54 Å². The average molecular weight is 422 g/mol. The lowest BCUT2D eigenvalue weighted by Gasteiger charge is -2.15. The fourth-order valence-electron chi connectivity index (χ4n) is 2.46. The van der Waals surface area contributed by atoms with Gasteiger partial charge in [0.2, 0.25) is 0 Å². The fraction of sp³-hybridized carbons (Fsp3) is 0.476. The van der Waals surface area contributed by atoms with Crippen molar-refractivity contribution in [3.05, 3.63) is 28.7 Å². The maximum atomic E-state index is 12.5. The molecule has 0 aliphatic carbocycles. The van der Waals surface area contributed by atoms with Crippen molar-refractivity contribution in [3.63, 3.8) is 0 Å². The zero-order valence-electron chi connectivity index (χ0n) is 17.2. The maximum absolute atomic E-state index is 12.5. The monoisotopic (exact) mass is 421 g/mol. The Morgan fingerprint density at radius 1 is 1.24 bits per heavy atom. The molecule has 1 heterocycles. The van der Waals surface area contributed by atoms with Crippen LogP contribution in [0, 0.1) is 0 Å². The van der Waals surface area contributed by atoms with Crippen LogP contribution in [0.25, 0.3) is 6.08 Å². The van der Waals surface area contributed by atoms with Gasteiger partial charge in [0, 0.05) is 0 Å². The quantitative estimate of drug-likeness (QED) is 0.317. The Hall–Kier alpha value is -2.48. The molecule has 158 valence electrons. The van der Waals surface area contributed by atoms with Crippen LogP contribution in [0.1, 0.15) is 45.6 Å².